The Morgan fingerprint density at radius 3 is 2.28 bits per heavy atom. The van der Waals surface area contributed by atoms with Crippen LogP contribution in [0.15, 0.2) is 43.0 Å². The van der Waals surface area contributed by atoms with Gasteiger partial charge in [-0.15, -0.1) is 6.58 Å². The molecule has 0 bridgehead atoms. The minimum absolute atomic E-state index is 0.109. The summed E-state index contributed by atoms with van der Waals surface area (Å²) >= 11 is 0. The van der Waals surface area contributed by atoms with Crippen molar-refractivity contribution in [2.45, 2.75) is 32.9 Å². The van der Waals surface area contributed by atoms with Crippen molar-refractivity contribution in [3.8, 4) is 0 Å². The van der Waals surface area contributed by atoms with Gasteiger partial charge in [0.2, 0.25) is 0 Å². The Hall–Kier alpha value is -1.12. The maximum atomic E-state index is 9.46. The molecule has 0 aliphatic heterocycles. The highest BCUT2D eigenvalue weighted by Gasteiger charge is 2.22. The number of hydrogen-bond acceptors (Lipinski definition) is 2. The van der Waals surface area contributed by atoms with E-state index in [2.05, 4.69) is 44.8 Å². The molecule has 0 unspecified atom stereocenters. The Morgan fingerprint density at radius 2 is 1.83 bits per heavy atom. The molecule has 1 rings (SSSR count). The van der Waals surface area contributed by atoms with E-state index >= 15 is 0 Å². The molecule has 0 heterocycles. The third kappa shape index (κ3) is 3.97. The van der Waals surface area contributed by atoms with Gasteiger partial charge >= 0.3 is 0 Å². The van der Waals surface area contributed by atoms with E-state index in [0.717, 1.165) is 0 Å². The average Bonchev–Trinajstić information content (AvgIpc) is 2.39. The molecule has 0 saturated carbocycles. The van der Waals surface area contributed by atoms with E-state index in [4.69, 9.17) is 0 Å². The molecule has 3 atom stereocenters. The maximum absolute atomic E-state index is 9.46. The smallest absolute Gasteiger partial charge is 0.0587 e. The molecular weight excluding hydrogens is 222 g/mol. The van der Waals surface area contributed by atoms with E-state index in [1.807, 2.05) is 24.3 Å². The standard InChI is InChI=1S/C16H25NO/c1-5-13(4)16(14-9-7-6-8-10-14)17-15(11-18)12(2)3/h5-10,12-13,15-18H,1,11H2,2-4H3/t13-,15-,16+/m1/s1. The van der Waals surface area contributed by atoms with Gasteiger partial charge in [-0.25, -0.2) is 0 Å². The zero-order valence-electron chi connectivity index (χ0n) is 11.6. The predicted octanol–water partition coefficient (Wildman–Crippen LogP) is 3.16. The van der Waals surface area contributed by atoms with Crippen molar-refractivity contribution in [1.29, 1.82) is 0 Å². The van der Waals surface area contributed by atoms with Crippen LogP contribution in [-0.4, -0.2) is 17.8 Å². The summed E-state index contributed by atoms with van der Waals surface area (Å²) in [6, 6.07) is 10.6. The number of rotatable bonds is 7. The lowest BCUT2D eigenvalue weighted by Gasteiger charge is -2.30. The van der Waals surface area contributed by atoms with Gasteiger partial charge < -0.3 is 10.4 Å². The molecule has 0 saturated heterocycles. The number of nitrogens with one attached hydrogen (secondary N) is 1. The molecule has 2 heteroatoms. The number of aliphatic hydroxyl groups excluding tert-OH is 1. The summed E-state index contributed by atoms with van der Waals surface area (Å²) in [5.74, 6) is 0.721. The van der Waals surface area contributed by atoms with Crippen LogP contribution in [0.5, 0.6) is 0 Å². The molecule has 100 valence electrons. The Kier molecular flexibility index (Phi) is 6.10. The second-order valence-electron chi connectivity index (χ2n) is 5.18. The van der Waals surface area contributed by atoms with Crippen LogP contribution in [0.2, 0.25) is 0 Å². The van der Waals surface area contributed by atoms with Gasteiger partial charge in [0.05, 0.1) is 6.61 Å². The molecule has 0 spiro atoms. The van der Waals surface area contributed by atoms with Gasteiger partial charge in [0.1, 0.15) is 0 Å². The highest BCUT2D eigenvalue weighted by molar-refractivity contribution is 5.21. The fraction of sp³-hybridized carbons (Fsp3) is 0.500. The third-order valence-corrected chi connectivity index (χ3v) is 3.45. The molecular formula is C16H25NO. The molecule has 18 heavy (non-hydrogen) atoms. The van der Waals surface area contributed by atoms with Crippen molar-refractivity contribution in [1.82, 2.24) is 5.32 Å². The second-order valence-corrected chi connectivity index (χ2v) is 5.18. The largest absolute Gasteiger partial charge is 0.395 e. The van der Waals surface area contributed by atoms with Gasteiger partial charge in [-0.05, 0) is 17.4 Å². The summed E-state index contributed by atoms with van der Waals surface area (Å²) in [6.45, 7) is 10.4. The van der Waals surface area contributed by atoms with Crippen molar-refractivity contribution in [2.75, 3.05) is 6.61 Å². The molecule has 0 fully saturated rings. The highest BCUT2D eigenvalue weighted by atomic mass is 16.3. The Balaban J connectivity index is 2.89. The van der Waals surface area contributed by atoms with Crippen LogP contribution in [0.3, 0.4) is 0 Å². The third-order valence-electron chi connectivity index (χ3n) is 3.45. The lowest BCUT2D eigenvalue weighted by atomic mass is 9.92. The van der Waals surface area contributed by atoms with Crippen LogP contribution in [0.25, 0.3) is 0 Å². The van der Waals surface area contributed by atoms with Gasteiger partial charge in [0, 0.05) is 12.1 Å². The van der Waals surface area contributed by atoms with Gasteiger partial charge in [0.15, 0.2) is 0 Å². The van der Waals surface area contributed by atoms with E-state index in [1.165, 1.54) is 5.56 Å². The van der Waals surface area contributed by atoms with E-state index in [9.17, 15) is 5.11 Å². The number of benzene rings is 1. The summed E-state index contributed by atoms with van der Waals surface area (Å²) in [4.78, 5) is 0. The number of hydrogen-bond donors (Lipinski definition) is 2. The molecule has 0 aliphatic rings. The average molecular weight is 247 g/mol. The van der Waals surface area contributed by atoms with Gasteiger partial charge in [-0.3, -0.25) is 0 Å². The fourth-order valence-electron chi connectivity index (χ4n) is 2.03. The van der Waals surface area contributed by atoms with Crippen molar-refractivity contribution in [3.63, 3.8) is 0 Å². The second kappa shape index (κ2) is 7.34. The fourth-order valence-corrected chi connectivity index (χ4v) is 2.03. The van der Waals surface area contributed by atoms with Crippen LogP contribution in [-0.2, 0) is 0 Å². The Labute approximate surface area is 111 Å². The lowest BCUT2D eigenvalue weighted by Crippen LogP contribution is -2.41. The van der Waals surface area contributed by atoms with Crippen LogP contribution >= 0.6 is 0 Å². The maximum Gasteiger partial charge on any atom is 0.0587 e. The molecule has 0 aliphatic carbocycles. The van der Waals surface area contributed by atoms with Gasteiger partial charge in [0.25, 0.3) is 0 Å². The molecule has 1 aromatic carbocycles. The first-order valence-corrected chi connectivity index (χ1v) is 6.64. The minimum Gasteiger partial charge on any atom is -0.395 e. The summed E-state index contributed by atoms with van der Waals surface area (Å²) in [5, 5.41) is 13.0. The van der Waals surface area contributed by atoms with Crippen molar-refractivity contribution < 1.29 is 5.11 Å². The first kappa shape index (κ1) is 14.9. The van der Waals surface area contributed by atoms with Gasteiger partial charge in [-0.1, -0.05) is 57.2 Å². The van der Waals surface area contributed by atoms with Crippen LogP contribution in [0, 0.1) is 11.8 Å². The normalized spacial score (nSPS) is 16.3. The topological polar surface area (TPSA) is 32.3 Å². The zero-order chi connectivity index (χ0) is 13.5. The highest BCUT2D eigenvalue weighted by Crippen LogP contribution is 2.24. The van der Waals surface area contributed by atoms with E-state index in [1.54, 1.807) is 0 Å². The molecule has 2 nitrogen and oxygen atoms in total. The number of aliphatic hydroxyl groups is 1. The van der Waals surface area contributed by atoms with Crippen molar-refractivity contribution in [2.24, 2.45) is 11.8 Å². The molecule has 0 radical (unpaired) electrons. The quantitative estimate of drug-likeness (QED) is 0.725. The molecule has 0 aromatic heterocycles. The van der Waals surface area contributed by atoms with Crippen LogP contribution in [0.4, 0.5) is 0 Å². The summed E-state index contributed by atoms with van der Waals surface area (Å²) in [6.07, 6.45) is 1.96. The van der Waals surface area contributed by atoms with Crippen LogP contribution in [0.1, 0.15) is 32.4 Å². The molecule has 0 amide bonds. The van der Waals surface area contributed by atoms with Crippen LogP contribution < -0.4 is 5.32 Å². The molecule has 2 N–H and O–H groups in total. The first-order valence-electron chi connectivity index (χ1n) is 6.64. The SMILES string of the molecule is C=C[C@@H](C)[C@H](N[C@H](CO)C(C)C)c1ccccc1. The van der Waals surface area contributed by atoms with E-state index in [-0.39, 0.29) is 18.7 Å². The first-order chi connectivity index (χ1) is 8.60. The van der Waals surface area contributed by atoms with Gasteiger partial charge in [-0.2, -0.15) is 0 Å². The lowest BCUT2D eigenvalue weighted by molar-refractivity contribution is 0.191. The Morgan fingerprint density at radius 1 is 1.22 bits per heavy atom. The van der Waals surface area contributed by atoms with E-state index < -0.39 is 0 Å². The van der Waals surface area contributed by atoms with E-state index in [0.29, 0.717) is 11.8 Å². The Bertz CT molecular complexity index is 347. The summed E-state index contributed by atoms with van der Waals surface area (Å²) < 4.78 is 0. The summed E-state index contributed by atoms with van der Waals surface area (Å²) in [5.41, 5.74) is 1.24. The molecule has 1 aromatic rings. The predicted molar refractivity (Wildman–Crippen MR) is 77.4 cm³/mol. The van der Waals surface area contributed by atoms with Crippen molar-refractivity contribution >= 4 is 0 Å². The minimum atomic E-state index is 0.109. The van der Waals surface area contributed by atoms with Crippen molar-refractivity contribution in [3.05, 3.63) is 48.6 Å². The summed E-state index contributed by atoms with van der Waals surface area (Å²) in [7, 11) is 0. The zero-order valence-corrected chi connectivity index (χ0v) is 11.6. The monoisotopic (exact) mass is 247 g/mol.